The molecular weight excluding hydrogens is 434 g/mol. The summed E-state index contributed by atoms with van der Waals surface area (Å²) in [5.74, 6) is 3.31. The third-order valence-electron chi connectivity index (χ3n) is 5.77. The number of amides is 1. The first kappa shape index (κ1) is 23.6. The highest BCUT2D eigenvalue weighted by atomic mass is 32.2. The molecule has 4 atom stereocenters. The van der Waals surface area contributed by atoms with Crippen LogP contribution in [0.3, 0.4) is 0 Å². The first-order valence-electron chi connectivity index (χ1n) is 10.2. The zero-order valence-corrected chi connectivity index (χ0v) is 18.4. The van der Waals surface area contributed by atoms with E-state index >= 15 is 0 Å². The van der Waals surface area contributed by atoms with Gasteiger partial charge in [-0.05, 0) is 50.5 Å². The Balaban J connectivity index is 1.58. The maximum absolute atomic E-state index is 12.8. The Kier molecular flexibility index (Phi) is 6.82. The number of nitriles is 1. The van der Waals surface area contributed by atoms with Gasteiger partial charge in [-0.2, -0.15) is 10.4 Å². The molecule has 1 aromatic rings. The van der Waals surface area contributed by atoms with E-state index in [0.717, 1.165) is 19.4 Å². The van der Waals surface area contributed by atoms with Crippen LogP contribution in [-0.4, -0.2) is 62.1 Å². The Bertz CT molecular complexity index is 1050. The van der Waals surface area contributed by atoms with Gasteiger partial charge in [-0.25, -0.2) is 18.9 Å². The molecule has 0 aromatic heterocycles. The second-order valence-corrected chi connectivity index (χ2v) is 9.89. The summed E-state index contributed by atoms with van der Waals surface area (Å²) in [7, 11) is -4.03. The summed E-state index contributed by atoms with van der Waals surface area (Å²) >= 11 is 0. The van der Waals surface area contributed by atoms with Gasteiger partial charge in [0.25, 0.3) is 0 Å². The molecule has 2 fully saturated rings. The second kappa shape index (κ2) is 9.23. The number of hydrogen-bond acceptors (Lipinski definition) is 7. The van der Waals surface area contributed by atoms with Gasteiger partial charge < -0.3 is 16.1 Å². The molecule has 2 unspecified atom stereocenters. The van der Waals surface area contributed by atoms with E-state index in [1.807, 2.05) is 11.0 Å². The lowest BCUT2D eigenvalue weighted by atomic mass is 10.0. The van der Waals surface area contributed by atoms with Crippen molar-refractivity contribution in [2.24, 2.45) is 16.9 Å². The lowest BCUT2D eigenvalue weighted by Gasteiger charge is -2.31. The number of hydrazone groups is 1. The molecule has 5 N–H and O–H groups in total. The summed E-state index contributed by atoms with van der Waals surface area (Å²) in [6.45, 7) is 2.69. The second-order valence-electron chi connectivity index (χ2n) is 8.18. The number of nitrogens with two attached hydrogens (primary N) is 1. The van der Waals surface area contributed by atoms with Gasteiger partial charge in [0.15, 0.2) is 5.78 Å². The molecule has 0 spiro atoms. The Morgan fingerprint density at radius 3 is 2.72 bits per heavy atom. The van der Waals surface area contributed by atoms with Gasteiger partial charge in [0.05, 0.1) is 28.5 Å². The minimum atomic E-state index is -4.03. The van der Waals surface area contributed by atoms with Crippen LogP contribution in [0.5, 0.6) is 0 Å². The Morgan fingerprint density at radius 1 is 1.41 bits per heavy atom. The number of benzene rings is 1. The van der Waals surface area contributed by atoms with E-state index in [1.54, 1.807) is 0 Å². The van der Waals surface area contributed by atoms with Crippen molar-refractivity contribution in [3.05, 3.63) is 29.8 Å². The Morgan fingerprint density at radius 2 is 2.09 bits per heavy atom. The molecule has 1 amide bonds. The van der Waals surface area contributed by atoms with Crippen LogP contribution in [0.4, 0.5) is 0 Å². The normalized spacial score (nSPS) is 26.3. The molecule has 12 heteroatoms. The van der Waals surface area contributed by atoms with E-state index in [2.05, 4.69) is 15.1 Å². The number of Topliss-reactive ketones (excluding diaryl/α,β-unsaturated/α-hetero) is 1. The monoisotopic (exact) mass is 460 g/mol. The molecule has 1 aromatic carbocycles. The predicted molar refractivity (Wildman–Crippen MR) is 115 cm³/mol. The molecule has 3 rings (SSSR count). The molecule has 1 heterocycles. The molecule has 32 heavy (non-hydrogen) atoms. The lowest BCUT2D eigenvalue weighted by molar-refractivity contribution is -0.128. The number of ketones is 1. The Labute approximate surface area is 186 Å². The topological polar surface area (TPSA) is 182 Å². The van der Waals surface area contributed by atoms with Gasteiger partial charge in [0, 0.05) is 19.1 Å². The molecule has 1 radical (unpaired) electrons. The summed E-state index contributed by atoms with van der Waals surface area (Å²) < 4.78 is 27.4. The number of nitrogens with one attached hydrogen (secondary N) is 3. The van der Waals surface area contributed by atoms with Crippen LogP contribution in [0, 0.1) is 17.2 Å². The van der Waals surface area contributed by atoms with Gasteiger partial charge in [-0.15, -0.1) is 0 Å². The van der Waals surface area contributed by atoms with Gasteiger partial charge in [-0.1, -0.05) is 0 Å². The van der Waals surface area contributed by atoms with Crippen LogP contribution >= 0.6 is 0 Å². The number of nitrogens with zero attached hydrogens (tertiary/aromatic N) is 3. The predicted octanol–water partition coefficient (Wildman–Crippen LogP) is -0.682. The number of sulfonamides is 1. The molecule has 1 saturated heterocycles. The van der Waals surface area contributed by atoms with Crippen molar-refractivity contribution in [3.8, 4) is 6.07 Å². The van der Waals surface area contributed by atoms with E-state index < -0.39 is 33.3 Å². The third-order valence-corrected chi connectivity index (χ3v) is 7.32. The molecule has 1 aliphatic heterocycles. The third kappa shape index (κ3) is 5.07. The SMILES string of the molecule is C[C@H](NS(=O)(=O)c1ccc(C#N)cc1)C(=O)C1([NH])C[C@@H]1C(=O)NC1CCCN(C=NN)C1. The van der Waals surface area contributed by atoms with Gasteiger partial charge in [0.2, 0.25) is 15.9 Å². The number of carbonyl (C=O) groups is 2. The molecule has 2 aliphatic rings. The summed E-state index contributed by atoms with van der Waals surface area (Å²) in [5.41, 5.74) is 7.07. The zero-order valence-electron chi connectivity index (χ0n) is 17.6. The maximum atomic E-state index is 12.8. The van der Waals surface area contributed by atoms with E-state index in [4.69, 9.17) is 16.8 Å². The molecule has 0 bridgehead atoms. The van der Waals surface area contributed by atoms with Crippen molar-refractivity contribution < 1.29 is 18.0 Å². The van der Waals surface area contributed by atoms with E-state index in [9.17, 15) is 18.0 Å². The van der Waals surface area contributed by atoms with Gasteiger partial charge in [0.1, 0.15) is 11.9 Å². The van der Waals surface area contributed by atoms with E-state index in [1.165, 1.54) is 37.5 Å². The number of likely N-dealkylation sites (tertiary alicyclic amines) is 1. The van der Waals surface area contributed by atoms with Crippen LogP contribution < -0.4 is 21.6 Å². The van der Waals surface area contributed by atoms with Crippen molar-refractivity contribution in [2.45, 2.75) is 48.7 Å². The summed E-state index contributed by atoms with van der Waals surface area (Å²) in [5, 5.41) is 15.2. The highest BCUT2D eigenvalue weighted by Crippen LogP contribution is 2.44. The zero-order chi connectivity index (χ0) is 23.5. The standard InChI is InChI=1S/C20H26N7O4S/c1-13(26-32(30,31)16-6-4-14(10-21)5-7-16)18(28)20(22)9-17(20)19(29)25-15-3-2-8-27(11-15)12-24-23/h4-7,12-13,15,17,22,26H,2-3,8-9,11,23H2,1H3,(H,25,29)/t13-,15?,17+,20?/m0/s1. The smallest absolute Gasteiger partial charge is 0.241 e. The number of hydrogen-bond donors (Lipinski definition) is 3. The minimum Gasteiger partial charge on any atom is -0.359 e. The lowest BCUT2D eigenvalue weighted by Crippen LogP contribution is -2.50. The fourth-order valence-corrected chi connectivity index (χ4v) is 5.13. The largest absolute Gasteiger partial charge is 0.359 e. The summed E-state index contributed by atoms with van der Waals surface area (Å²) in [4.78, 5) is 27.2. The minimum absolute atomic E-state index is 0.0429. The average Bonchev–Trinajstić information content (AvgIpc) is 3.46. The van der Waals surface area contributed by atoms with Gasteiger partial charge >= 0.3 is 0 Å². The maximum Gasteiger partial charge on any atom is 0.241 e. The number of carbonyl (C=O) groups excluding carboxylic acids is 2. The first-order chi connectivity index (χ1) is 15.1. The fourth-order valence-electron chi connectivity index (χ4n) is 3.93. The quantitative estimate of drug-likeness (QED) is 0.199. The van der Waals surface area contributed by atoms with Gasteiger partial charge in [-0.3, -0.25) is 9.59 Å². The van der Waals surface area contributed by atoms with E-state index in [-0.39, 0.29) is 23.3 Å². The van der Waals surface area contributed by atoms with E-state index in [0.29, 0.717) is 12.1 Å². The molecule has 1 aliphatic carbocycles. The molecule has 11 nitrogen and oxygen atoms in total. The van der Waals surface area contributed by atoms with Crippen molar-refractivity contribution in [1.82, 2.24) is 20.7 Å². The first-order valence-corrected chi connectivity index (χ1v) is 11.7. The number of piperidine rings is 1. The van der Waals surface area contributed by atoms with Crippen LogP contribution in [0.1, 0.15) is 31.7 Å². The average molecular weight is 461 g/mol. The van der Waals surface area contributed by atoms with Crippen LogP contribution in [0.15, 0.2) is 34.3 Å². The molecule has 1 saturated carbocycles. The van der Waals surface area contributed by atoms with Crippen molar-refractivity contribution >= 4 is 28.1 Å². The van der Waals surface area contributed by atoms with Crippen LogP contribution in [0.25, 0.3) is 0 Å². The Hall–Kier alpha value is -3.01. The van der Waals surface area contributed by atoms with Crippen molar-refractivity contribution in [1.29, 1.82) is 5.26 Å². The fraction of sp³-hybridized carbons (Fsp3) is 0.500. The summed E-state index contributed by atoms with van der Waals surface area (Å²) in [6, 6.07) is 5.84. The van der Waals surface area contributed by atoms with Crippen molar-refractivity contribution in [3.63, 3.8) is 0 Å². The number of rotatable bonds is 8. The summed E-state index contributed by atoms with van der Waals surface area (Å²) in [6.07, 6.45) is 3.17. The molecular formula is C20H26N7O4S. The van der Waals surface area contributed by atoms with Crippen LogP contribution in [-0.2, 0) is 19.6 Å². The highest BCUT2D eigenvalue weighted by molar-refractivity contribution is 7.89. The highest BCUT2D eigenvalue weighted by Gasteiger charge is 2.62. The van der Waals surface area contributed by atoms with Crippen molar-refractivity contribution in [2.75, 3.05) is 13.1 Å². The van der Waals surface area contributed by atoms with Crippen LogP contribution in [0.2, 0.25) is 0 Å². The molecule has 171 valence electrons.